The van der Waals surface area contributed by atoms with Crippen molar-refractivity contribution < 1.29 is 9.53 Å². The molecule has 1 amide bonds. The fourth-order valence-electron chi connectivity index (χ4n) is 2.54. The molecule has 1 aromatic heterocycles. The van der Waals surface area contributed by atoms with Crippen LogP contribution in [-0.2, 0) is 4.74 Å². The number of ether oxygens (including phenoxy) is 1. The summed E-state index contributed by atoms with van der Waals surface area (Å²) in [5, 5.41) is 3.35. The predicted molar refractivity (Wildman–Crippen MR) is 77.7 cm³/mol. The van der Waals surface area contributed by atoms with Crippen molar-refractivity contribution in [3.05, 3.63) is 24.0 Å². The summed E-state index contributed by atoms with van der Waals surface area (Å²) < 4.78 is 5.45. The number of hydrogen-bond acceptors (Lipinski definition) is 5. The predicted octanol–water partition coefficient (Wildman–Crippen LogP) is 0.703. The molecule has 0 atom stereocenters. The fraction of sp³-hybridized carbons (Fsp3) is 0.571. The Balaban J connectivity index is 2.12. The first-order chi connectivity index (χ1) is 9.55. The van der Waals surface area contributed by atoms with E-state index in [-0.39, 0.29) is 5.54 Å². The van der Waals surface area contributed by atoms with Crippen LogP contribution in [0.3, 0.4) is 0 Å². The molecule has 0 bridgehead atoms. The molecule has 1 fully saturated rings. The molecule has 2 heterocycles. The number of anilines is 1. The first-order valence-corrected chi connectivity index (χ1v) is 6.78. The van der Waals surface area contributed by atoms with Crippen molar-refractivity contribution in [3.63, 3.8) is 0 Å². The SMILES string of the molecule is CN(C)C1(CNc2ccncc2C(N)=O)CCOCC1. The summed E-state index contributed by atoms with van der Waals surface area (Å²) >= 11 is 0. The van der Waals surface area contributed by atoms with Crippen LogP contribution >= 0.6 is 0 Å². The molecule has 0 radical (unpaired) electrons. The highest BCUT2D eigenvalue weighted by Gasteiger charge is 2.34. The summed E-state index contributed by atoms with van der Waals surface area (Å²) in [6.07, 6.45) is 5.08. The van der Waals surface area contributed by atoms with E-state index in [0.29, 0.717) is 5.56 Å². The van der Waals surface area contributed by atoms with Crippen LogP contribution < -0.4 is 11.1 Å². The molecule has 1 saturated heterocycles. The first-order valence-electron chi connectivity index (χ1n) is 6.78. The van der Waals surface area contributed by atoms with Crippen LogP contribution in [-0.4, -0.2) is 55.2 Å². The highest BCUT2D eigenvalue weighted by atomic mass is 16.5. The van der Waals surface area contributed by atoms with Crippen molar-refractivity contribution in [1.82, 2.24) is 9.88 Å². The molecule has 0 saturated carbocycles. The normalized spacial score (nSPS) is 17.9. The van der Waals surface area contributed by atoms with Gasteiger partial charge in [-0.05, 0) is 33.0 Å². The summed E-state index contributed by atoms with van der Waals surface area (Å²) in [5.74, 6) is -0.466. The zero-order chi connectivity index (χ0) is 14.6. The molecule has 1 aliphatic heterocycles. The second-order valence-corrected chi connectivity index (χ2v) is 5.37. The Kier molecular flexibility index (Phi) is 4.57. The lowest BCUT2D eigenvalue weighted by atomic mass is 9.88. The molecule has 110 valence electrons. The Morgan fingerprint density at radius 2 is 2.20 bits per heavy atom. The van der Waals surface area contributed by atoms with Crippen LogP contribution in [0.4, 0.5) is 5.69 Å². The van der Waals surface area contributed by atoms with E-state index in [4.69, 9.17) is 10.5 Å². The topological polar surface area (TPSA) is 80.5 Å². The average molecular weight is 278 g/mol. The van der Waals surface area contributed by atoms with Gasteiger partial charge < -0.3 is 20.7 Å². The Morgan fingerprint density at radius 3 is 2.80 bits per heavy atom. The number of carbonyl (C=O) groups excluding carboxylic acids is 1. The molecule has 0 spiro atoms. The number of nitrogens with one attached hydrogen (secondary N) is 1. The minimum atomic E-state index is -0.466. The maximum atomic E-state index is 11.4. The van der Waals surface area contributed by atoms with E-state index in [1.807, 2.05) is 0 Å². The Bertz CT molecular complexity index is 470. The van der Waals surface area contributed by atoms with E-state index < -0.39 is 5.91 Å². The van der Waals surface area contributed by atoms with E-state index in [2.05, 4.69) is 29.3 Å². The monoisotopic (exact) mass is 278 g/mol. The number of aromatic nitrogens is 1. The molecule has 1 aliphatic rings. The van der Waals surface area contributed by atoms with Crippen molar-refractivity contribution in [2.45, 2.75) is 18.4 Å². The van der Waals surface area contributed by atoms with E-state index in [9.17, 15) is 4.79 Å². The van der Waals surface area contributed by atoms with E-state index in [1.54, 1.807) is 12.3 Å². The maximum absolute atomic E-state index is 11.4. The van der Waals surface area contributed by atoms with Crippen molar-refractivity contribution in [2.75, 3.05) is 39.2 Å². The van der Waals surface area contributed by atoms with Crippen LogP contribution in [0.25, 0.3) is 0 Å². The van der Waals surface area contributed by atoms with Gasteiger partial charge >= 0.3 is 0 Å². The molecule has 0 aromatic carbocycles. The second-order valence-electron chi connectivity index (χ2n) is 5.37. The number of carbonyl (C=O) groups is 1. The number of pyridine rings is 1. The highest BCUT2D eigenvalue weighted by molar-refractivity contribution is 5.98. The van der Waals surface area contributed by atoms with E-state index >= 15 is 0 Å². The zero-order valence-electron chi connectivity index (χ0n) is 12.1. The molecular weight excluding hydrogens is 256 g/mol. The molecule has 2 rings (SSSR count). The maximum Gasteiger partial charge on any atom is 0.252 e. The Morgan fingerprint density at radius 1 is 1.50 bits per heavy atom. The summed E-state index contributed by atoms with van der Waals surface area (Å²) in [6.45, 7) is 2.27. The second kappa shape index (κ2) is 6.19. The zero-order valence-corrected chi connectivity index (χ0v) is 12.1. The van der Waals surface area contributed by atoms with Crippen LogP contribution in [0, 0.1) is 0 Å². The summed E-state index contributed by atoms with van der Waals surface area (Å²) in [7, 11) is 4.16. The molecule has 3 N–H and O–H groups in total. The van der Waals surface area contributed by atoms with Crippen LogP contribution in [0.15, 0.2) is 18.5 Å². The molecule has 20 heavy (non-hydrogen) atoms. The van der Waals surface area contributed by atoms with Gasteiger partial charge in [0.15, 0.2) is 0 Å². The number of hydrogen-bond donors (Lipinski definition) is 2. The highest BCUT2D eigenvalue weighted by Crippen LogP contribution is 2.27. The number of primary amides is 1. The van der Waals surface area contributed by atoms with Gasteiger partial charge in [-0.25, -0.2) is 0 Å². The van der Waals surface area contributed by atoms with E-state index in [1.165, 1.54) is 6.20 Å². The number of nitrogens with zero attached hydrogens (tertiary/aromatic N) is 2. The smallest absolute Gasteiger partial charge is 0.252 e. The summed E-state index contributed by atoms with van der Waals surface area (Å²) in [4.78, 5) is 17.6. The third kappa shape index (κ3) is 3.08. The average Bonchev–Trinajstić information content (AvgIpc) is 2.46. The number of amides is 1. The minimum absolute atomic E-state index is 0.0381. The van der Waals surface area contributed by atoms with Gasteiger partial charge in [0, 0.05) is 37.7 Å². The van der Waals surface area contributed by atoms with Gasteiger partial charge in [-0.3, -0.25) is 9.78 Å². The van der Waals surface area contributed by atoms with Crippen molar-refractivity contribution in [1.29, 1.82) is 0 Å². The van der Waals surface area contributed by atoms with Crippen LogP contribution in [0.1, 0.15) is 23.2 Å². The van der Waals surface area contributed by atoms with Gasteiger partial charge in [0.1, 0.15) is 0 Å². The van der Waals surface area contributed by atoms with Gasteiger partial charge in [0.05, 0.1) is 11.3 Å². The largest absolute Gasteiger partial charge is 0.382 e. The van der Waals surface area contributed by atoms with Crippen molar-refractivity contribution in [3.8, 4) is 0 Å². The third-order valence-corrected chi connectivity index (χ3v) is 4.07. The van der Waals surface area contributed by atoms with E-state index in [0.717, 1.165) is 38.3 Å². The van der Waals surface area contributed by atoms with Crippen molar-refractivity contribution >= 4 is 11.6 Å². The first kappa shape index (κ1) is 14.7. The van der Waals surface area contributed by atoms with Crippen LogP contribution in [0.2, 0.25) is 0 Å². The summed E-state index contributed by atoms with van der Waals surface area (Å²) in [5.41, 5.74) is 6.57. The van der Waals surface area contributed by atoms with Crippen molar-refractivity contribution in [2.24, 2.45) is 5.73 Å². The molecule has 6 nitrogen and oxygen atoms in total. The summed E-state index contributed by atoms with van der Waals surface area (Å²) in [6, 6.07) is 1.78. The van der Waals surface area contributed by atoms with Crippen LogP contribution in [0.5, 0.6) is 0 Å². The van der Waals surface area contributed by atoms with Gasteiger partial charge in [0.25, 0.3) is 5.91 Å². The Labute approximate surface area is 119 Å². The lowest BCUT2D eigenvalue weighted by Crippen LogP contribution is -2.53. The van der Waals surface area contributed by atoms with Gasteiger partial charge in [-0.15, -0.1) is 0 Å². The molecule has 6 heteroatoms. The number of nitrogens with two attached hydrogens (primary N) is 1. The fourth-order valence-corrected chi connectivity index (χ4v) is 2.54. The lowest BCUT2D eigenvalue weighted by Gasteiger charge is -2.43. The van der Waals surface area contributed by atoms with Gasteiger partial charge in [-0.2, -0.15) is 0 Å². The molecule has 0 aliphatic carbocycles. The molecule has 1 aromatic rings. The number of likely N-dealkylation sites (N-methyl/N-ethyl adjacent to an activating group) is 1. The number of rotatable bonds is 5. The molecule has 0 unspecified atom stereocenters. The third-order valence-electron chi connectivity index (χ3n) is 4.07. The quantitative estimate of drug-likeness (QED) is 0.829. The van der Waals surface area contributed by atoms with Gasteiger partial charge in [-0.1, -0.05) is 0 Å². The Hall–Kier alpha value is -1.66. The molecular formula is C14H22N4O2. The van der Waals surface area contributed by atoms with Gasteiger partial charge in [0.2, 0.25) is 0 Å². The minimum Gasteiger partial charge on any atom is -0.382 e. The standard InChI is InChI=1S/C14H22N4O2/c1-18(2)14(4-7-20-8-5-14)10-17-12-3-6-16-9-11(12)13(15)19/h3,6,9H,4-5,7-8,10H2,1-2H3,(H2,15,19)(H,16,17). The lowest BCUT2D eigenvalue weighted by molar-refractivity contribution is -0.000638.